The Balaban J connectivity index is 1.71. The highest BCUT2D eigenvalue weighted by Crippen LogP contribution is 2.23. The molecule has 0 bridgehead atoms. The lowest BCUT2D eigenvalue weighted by Gasteiger charge is -2.28. The van der Waals surface area contributed by atoms with Crippen molar-refractivity contribution in [2.24, 2.45) is 0 Å². The maximum absolute atomic E-state index is 9.31. The van der Waals surface area contributed by atoms with Crippen LogP contribution in [0.2, 0.25) is 0 Å². The predicted octanol–water partition coefficient (Wildman–Crippen LogP) is 0.974. The second-order valence-corrected chi connectivity index (χ2v) is 5.20. The maximum atomic E-state index is 9.31. The van der Waals surface area contributed by atoms with Crippen molar-refractivity contribution in [2.45, 2.75) is 56.7 Å². The molecular weight excluding hydrogens is 188 g/mol. The summed E-state index contributed by atoms with van der Waals surface area (Å²) in [5, 5.41) is 12.8. The lowest BCUT2D eigenvalue weighted by atomic mass is 10.2. The van der Waals surface area contributed by atoms with E-state index in [1.807, 2.05) is 0 Å². The molecule has 2 saturated carbocycles. The van der Waals surface area contributed by atoms with Gasteiger partial charge in [-0.1, -0.05) is 12.8 Å². The third kappa shape index (κ3) is 3.44. The molecule has 0 radical (unpaired) electrons. The van der Waals surface area contributed by atoms with E-state index >= 15 is 0 Å². The Kier molecular flexibility index (Phi) is 4.00. The summed E-state index contributed by atoms with van der Waals surface area (Å²) in [5.74, 6) is 0. The van der Waals surface area contributed by atoms with Gasteiger partial charge in [-0.2, -0.15) is 0 Å². The number of likely N-dealkylation sites (N-methyl/N-ethyl adjacent to an activating group) is 1. The normalized spacial score (nSPS) is 25.0. The average Bonchev–Trinajstić information content (AvgIpc) is 2.88. The zero-order valence-electron chi connectivity index (χ0n) is 9.78. The number of hydrogen-bond donors (Lipinski definition) is 2. The zero-order valence-corrected chi connectivity index (χ0v) is 9.78. The highest BCUT2D eigenvalue weighted by Gasteiger charge is 2.26. The van der Waals surface area contributed by atoms with E-state index in [9.17, 15) is 5.11 Å². The van der Waals surface area contributed by atoms with Gasteiger partial charge < -0.3 is 15.3 Å². The highest BCUT2D eigenvalue weighted by molar-refractivity contribution is 4.87. The summed E-state index contributed by atoms with van der Waals surface area (Å²) in [6.45, 7) is 1.27. The standard InChI is InChI=1S/C12H24N2O/c1-14(12-4-2-3-5-12)8-11(9-15)13-10-6-7-10/h10-13,15H,2-9H2,1H3. The van der Waals surface area contributed by atoms with Crippen molar-refractivity contribution in [1.29, 1.82) is 0 Å². The molecule has 0 aromatic heterocycles. The Hall–Kier alpha value is -0.120. The van der Waals surface area contributed by atoms with Crippen LogP contribution in [0.25, 0.3) is 0 Å². The molecule has 0 aromatic carbocycles. The minimum absolute atomic E-state index is 0.271. The van der Waals surface area contributed by atoms with Crippen LogP contribution < -0.4 is 5.32 Å². The van der Waals surface area contributed by atoms with E-state index in [2.05, 4.69) is 17.3 Å². The molecule has 2 aliphatic carbocycles. The van der Waals surface area contributed by atoms with Crippen LogP contribution in [-0.2, 0) is 0 Å². The van der Waals surface area contributed by atoms with Crippen LogP contribution >= 0.6 is 0 Å². The first kappa shape index (κ1) is 11.4. The largest absolute Gasteiger partial charge is 0.395 e. The van der Waals surface area contributed by atoms with E-state index in [1.165, 1.54) is 38.5 Å². The quantitative estimate of drug-likeness (QED) is 0.689. The molecule has 3 heteroatoms. The third-order valence-electron chi connectivity index (χ3n) is 3.73. The number of hydrogen-bond acceptors (Lipinski definition) is 3. The summed E-state index contributed by atoms with van der Waals surface area (Å²) in [6.07, 6.45) is 8.05. The molecule has 15 heavy (non-hydrogen) atoms. The van der Waals surface area contributed by atoms with Crippen molar-refractivity contribution in [3.8, 4) is 0 Å². The SMILES string of the molecule is CN(CC(CO)NC1CC1)C1CCCC1. The molecule has 1 atom stereocenters. The van der Waals surface area contributed by atoms with E-state index in [0.717, 1.165) is 12.6 Å². The number of rotatable bonds is 6. The summed E-state index contributed by atoms with van der Waals surface area (Å²) >= 11 is 0. The Morgan fingerprint density at radius 3 is 2.47 bits per heavy atom. The Labute approximate surface area is 92.8 Å². The molecule has 3 nitrogen and oxygen atoms in total. The van der Waals surface area contributed by atoms with Crippen LogP contribution in [0.5, 0.6) is 0 Å². The highest BCUT2D eigenvalue weighted by atomic mass is 16.3. The van der Waals surface area contributed by atoms with Gasteiger partial charge in [-0.15, -0.1) is 0 Å². The fourth-order valence-corrected chi connectivity index (χ4v) is 2.59. The van der Waals surface area contributed by atoms with Gasteiger partial charge in [-0.05, 0) is 32.7 Å². The Morgan fingerprint density at radius 1 is 1.27 bits per heavy atom. The smallest absolute Gasteiger partial charge is 0.0597 e. The van der Waals surface area contributed by atoms with E-state index in [0.29, 0.717) is 6.04 Å². The van der Waals surface area contributed by atoms with E-state index in [1.54, 1.807) is 0 Å². The Bertz CT molecular complexity index is 188. The molecule has 88 valence electrons. The number of aliphatic hydroxyl groups is 1. The molecule has 0 heterocycles. The molecule has 2 fully saturated rings. The lowest BCUT2D eigenvalue weighted by Crippen LogP contribution is -2.45. The van der Waals surface area contributed by atoms with E-state index in [-0.39, 0.29) is 12.6 Å². The van der Waals surface area contributed by atoms with Crippen LogP contribution in [0.4, 0.5) is 0 Å². The van der Waals surface area contributed by atoms with Crippen molar-refractivity contribution in [2.75, 3.05) is 20.2 Å². The Morgan fingerprint density at radius 2 is 1.93 bits per heavy atom. The van der Waals surface area contributed by atoms with Crippen LogP contribution in [0.15, 0.2) is 0 Å². The predicted molar refractivity (Wildman–Crippen MR) is 61.9 cm³/mol. The molecule has 0 aromatic rings. The van der Waals surface area contributed by atoms with E-state index < -0.39 is 0 Å². The van der Waals surface area contributed by atoms with Gasteiger partial charge in [-0.3, -0.25) is 0 Å². The molecule has 2 rings (SSSR count). The second kappa shape index (κ2) is 5.28. The van der Waals surface area contributed by atoms with Gasteiger partial charge in [0, 0.05) is 24.7 Å². The van der Waals surface area contributed by atoms with Gasteiger partial charge in [0.2, 0.25) is 0 Å². The average molecular weight is 212 g/mol. The summed E-state index contributed by atoms with van der Waals surface area (Å²) in [5.41, 5.74) is 0. The fraction of sp³-hybridized carbons (Fsp3) is 1.00. The van der Waals surface area contributed by atoms with Gasteiger partial charge in [0.05, 0.1) is 6.61 Å². The number of aliphatic hydroxyl groups excluding tert-OH is 1. The molecule has 2 aliphatic rings. The molecule has 0 amide bonds. The van der Waals surface area contributed by atoms with Crippen LogP contribution in [0.1, 0.15) is 38.5 Å². The molecule has 0 saturated heterocycles. The topological polar surface area (TPSA) is 35.5 Å². The van der Waals surface area contributed by atoms with Gasteiger partial charge in [-0.25, -0.2) is 0 Å². The number of nitrogens with one attached hydrogen (secondary N) is 1. The lowest BCUT2D eigenvalue weighted by molar-refractivity contribution is 0.169. The third-order valence-corrected chi connectivity index (χ3v) is 3.73. The first-order chi connectivity index (χ1) is 7.29. The summed E-state index contributed by atoms with van der Waals surface area (Å²) in [6, 6.07) is 1.74. The van der Waals surface area contributed by atoms with Crippen molar-refractivity contribution in [1.82, 2.24) is 10.2 Å². The monoisotopic (exact) mass is 212 g/mol. The van der Waals surface area contributed by atoms with Crippen molar-refractivity contribution >= 4 is 0 Å². The molecule has 1 unspecified atom stereocenters. The van der Waals surface area contributed by atoms with Crippen LogP contribution in [0.3, 0.4) is 0 Å². The van der Waals surface area contributed by atoms with Crippen LogP contribution in [0, 0.1) is 0 Å². The van der Waals surface area contributed by atoms with Gasteiger partial charge >= 0.3 is 0 Å². The molecule has 0 aliphatic heterocycles. The van der Waals surface area contributed by atoms with Crippen molar-refractivity contribution < 1.29 is 5.11 Å². The zero-order chi connectivity index (χ0) is 10.7. The fourth-order valence-electron chi connectivity index (χ4n) is 2.59. The van der Waals surface area contributed by atoms with Gasteiger partial charge in [0.25, 0.3) is 0 Å². The molecular formula is C12H24N2O. The van der Waals surface area contributed by atoms with Crippen LogP contribution in [-0.4, -0.2) is 48.3 Å². The van der Waals surface area contributed by atoms with Crippen molar-refractivity contribution in [3.63, 3.8) is 0 Å². The first-order valence-corrected chi connectivity index (χ1v) is 6.36. The summed E-state index contributed by atoms with van der Waals surface area (Å²) in [7, 11) is 2.20. The first-order valence-electron chi connectivity index (χ1n) is 6.36. The number of nitrogens with zero attached hydrogens (tertiary/aromatic N) is 1. The minimum atomic E-state index is 0.271. The summed E-state index contributed by atoms with van der Waals surface area (Å²) in [4.78, 5) is 2.43. The second-order valence-electron chi connectivity index (χ2n) is 5.20. The minimum Gasteiger partial charge on any atom is -0.395 e. The van der Waals surface area contributed by atoms with Gasteiger partial charge in [0.15, 0.2) is 0 Å². The van der Waals surface area contributed by atoms with Gasteiger partial charge in [0.1, 0.15) is 0 Å². The molecule has 0 spiro atoms. The maximum Gasteiger partial charge on any atom is 0.0597 e. The summed E-state index contributed by atoms with van der Waals surface area (Å²) < 4.78 is 0. The van der Waals surface area contributed by atoms with Crippen molar-refractivity contribution in [3.05, 3.63) is 0 Å². The van der Waals surface area contributed by atoms with E-state index in [4.69, 9.17) is 0 Å². The molecule has 2 N–H and O–H groups in total.